The number of halogens is 1. The van der Waals surface area contributed by atoms with Crippen LogP contribution in [0.5, 0.6) is 0 Å². The van der Waals surface area contributed by atoms with Crippen LogP contribution >= 0.6 is 0 Å². The summed E-state index contributed by atoms with van der Waals surface area (Å²) in [5.41, 5.74) is 5.63. The predicted molar refractivity (Wildman–Crippen MR) is 63.2 cm³/mol. The number of hydrogen-bond acceptors (Lipinski definition) is 5. The van der Waals surface area contributed by atoms with Gasteiger partial charge in [0.2, 0.25) is 5.82 Å². The highest BCUT2D eigenvalue weighted by atomic mass is 19.1. The van der Waals surface area contributed by atoms with E-state index >= 15 is 0 Å². The number of nitrogens with two attached hydrogens (primary N) is 1. The smallest absolute Gasteiger partial charge is 0.337 e. The first-order valence-electron chi connectivity index (χ1n) is 5.02. The normalized spacial score (nSPS) is 10.3. The van der Waals surface area contributed by atoms with E-state index in [1.165, 1.54) is 12.1 Å². The molecule has 0 atom stereocenters. The number of aryl methyl sites for hydroxylation is 1. The van der Waals surface area contributed by atoms with Gasteiger partial charge in [-0.2, -0.15) is 0 Å². The molecule has 1 aromatic carbocycles. The van der Waals surface area contributed by atoms with Gasteiger partial charge in [-0.25, -0.2) is 14.4 Å². The summed E-state index contributed by atoms with van der Waals surface area (Å²) in [6.45, 7) is 1.75. The lowest BCUT2D eigenvalue weighted by molar-refractivity contribution is -0.383. The lowest BCUT2D eigenvalue weighted by Crippen LogP contribution is -2.03. The largest absolute Gasteiger partial charge is 0.378 e. The second kappa shape index (κ2) is 4.36. The Kier molecular flexibility index (Phi) is 2.88. The van der Waals surface area contributed by atoms with Crippen LogP contribution < -0.4 is 5.73 Å². The number of hydrogen-bond donors (Lipinski definition) is 1. The molecule has 0 radical (unpaired) electrons. The van der Waals surface area contributed by atoms with E-state index in [1.54, 1.807) is 13.0 Å². The molecular formula is C11H9FN4O2. The molecule has 2 N–H and O–H groups in total. The van der Waals surface area contributed by atoms with Gasteiger partial charge in [-0.05, 0) is 19.1 Å². The Balaban J connectivity index is 2.75. The van der Waals surface area contributed by atoms with Gasteiger partial charge in [0, 0.05) is 5.56 Å². The number of anilines is 1. The lowest BCUT2D eigenvalue weighted by atomic mass is 10.1. The molecule has 0 aliphatic rings. The van der Waals surface area contributed by atoms with Crippen LogP contribution in [0.1, 0.15) is 5.56 Å². The molecule has 2 aromatic rings. The SMILES string of the molecule is Cc1ccc(F)c(-c2ncnc(N)c2[N+](=O)[O-])c1. The van der Waals surface area contributed by atoms with Crippen LogP contribution in [0.2, 0.25) is 0 Å². The van der Waals surface area contributed by atoms with Gasteiger partial charge in [0.15, 0.2) is 5.69 Å². The van der Waals surface area contributed by atoms with E-state index in [2.05, 4.69) is 9.97 Å². The minimum absolute atomic E-state index is 0.0378. The molecule has 7 heteroatoms. The second-order valence-corrected chi connectivity index (χ2v) is 3.70. The molecule has 0 aliphatic carbocycles. The first-order chi connectivity index (χ1) is 8.50. The Hall–Kier alpha value is -2.57. The van der Waals surface area contributed by atoms with Crippen molar-refractivity contribution in [3.8, 4) is 11.3 Å². The second-order valence-electron chi connectivity index (χ2n) is 3.70. The highest BCUT2D eigenvalue weighted by Crippen LogP contribution is 2.32. The van der Waals surface area contributed by atoms with Crippen molar-refractivity contribution >= 4 is 11.5 Å². The van der Waals surface area contributed by atoms with Crippen molar-refractivity contribution in [3.05, 3.63) is 46.0 Å². The van der Waals surface area contributed by atoms with Crippen LogP contribution in [0.25, 0.3) is 11.3 Å². The van der Waals surface area contributed by atoms with Gasteiger partial charge < -0.3 is 5.73 Å². The summed E-state index contributed by atoms with van der Waals surface area (Å²) in [5.74, 6) is -0.882. The van der Waals surface area contributed by atoms with Crippen LogP contribution in [0.3, 0.4) is 0 Å². The number of nitrogens with zero attached hydrogens (tertiary/aromatic N) is 3. The molecule has 0 fully saturated rings. The fourth-order valence-electron chi connectivity index (χ4n) is 1.59. The molecule has 0 saturated carbocycles. The third-order valence-corrected chi connectivity index (χ3v) is 2.41. The molecule has 1 aromatic heterocycles. The Morgan fingerprint density at radius 1 is 1.39 bits per heavy atom. The van der Waals surface area contributed by atoms with Gasteiger partial charge in [0.1, 0.15) is 12.1 Å². The Labute approximate surface area is 101 Å². The van der Waals surface area contributed by atoms with Crippen LogP contribution in [-0.4, -0.2) is 14.9 Å². The average molecular weight is 248 g/mol. The van der Waals surface area contributed by atoms with Crippen molar-refractivity contribution in [1.82, 2.24) is 9.97 Å². The van der Waals surface area contributed by atoms with E-state index < -0.39 is 16.4 Å². The quantitative estimate of drug-likeness (QED) is 0.648. The Morgan fingerprint density at radius 3 is 2.78 bits per heavy atom. The van der Waals surface area contributed by atoms with Crippen molar-refractivity contribution in [2.45, 2.75) is 6.92 Å². The molecule has 0 amide bonds. The zero-order valence-corrected chi connectivity index (χ0v) is 9.42. The van der Waals surface area contributed by atoms with E-state index in [0.29, 0.717) is 0 Å². The van der Waals surface area contributed by atoms with Crippen molar-refractivity contribution < 1.29 is 9.31 Å². The molecular weight excluding hydrogens is 239 g/mol. The summed E-state index contributed by atoms with van der Waals surface area (Å²) in [5, 5.41) is 10.9. The monoisotopic (exact) mass is 248 g/mol. The summed E-state index contributed by atoms with van der Waals surface area (Å²) in [6, 6.07) is 4.27. The summed E-state index contributed by atoms with van der Waals surface area (Å²) < 4.78 is 13.7. The lowest BCUT2D eigenvalue weighted by Gasteiger charge is -2.05. The van der Waals surface area contributed by atoms with E-state index in [9.17, 15) is 14.5 Å². The minimum atomic E-state index is -0.716. The first-order valence-corrected chi connectivity index (χ1v) is 5.02. The summed E-state index contributed by atoms with van der Waals surface area (Å²) in [4.78, 5) is 17.5. The number of benzene rings is 1. The number of nitro groups is 1. The zero-order valence-electron chi connectivity index (χ0n) is 9.42. The van der Waals surface area contributed by atoms with Crippen molar-refractivity contribution in [3.63, 3.8) is 0 Å². The molecule has 18 heavy (non-hydrogen) atoms. The molecule has 0 spiro atoms. The van der Waals surface area contributed by atoms with Crippen LogP contribution in [0, 0.1) is 22.9 Å². The minimum Gasteiger partial charge on any atom is -0.378 e. The number of rotatable bonds is 2. The highest BCUT2D eigenvalue weighted by Gasteiger charge is 2.24. The molecule has 0 bridgehead atoms. The highest BCUT2D eigenvalue weighted by molar-refractivity contribution is 5.76. The summed E-state index contributed by atoms with van der Waals surface area (Å²) in [7, 11) is 0. The molecule has 2 rings (SSSR count). The van der Waals surface area contributed by atoms with Gasteiger partial charge in [0.05, 0.1) is 4.92 Å². The standard InChI is InChI=1S/C11H9FN4O2/c1-6-2-3-8(12)7(4-6)9-10(16(17)18)11(13)15-5-14-9/h2-5H,1H3,(H2,13,14,15). The van der Waals surface area contributed by atoms with Crippen LogP contribution in [-0.2, 0) is 0 Å². The molecule has 0 aliphatic heterocycles. The Bertz CT molecular complexity index is 630. The predicted octanol–water partition coefficient (Wildman–Crippen LogP) is 2.08. The summed E-state index contributed by atoms with van der Waals surface area (Å²) in [6.07, 6.45) is 1.07. The average Bonchev–Trinajstić information content (AvgIpc) is 2.31. The molecule has 92 valence electrons. The molecule has 6 nitrogen and oxygen atoms in total. The maximum Gasteiger partial charge on any atom is 0.337 e. The van der Waals surface area contributed by atoms with E-state index in [0.717, 1.165) is 11.9 Å². The van der Waals surface area contributed by atoms with Crippen molar-refractivity contribution in [2.75, 3.05) is 5.73 Å². The third-order valence-electron chi connectivity index (χ3n) is 2.41. The van der Waals surface area contributed by atoms with Gasteiger partial charge in [0.25, 0.3) is 0 Å². The fourth-order valence-corrected chi connectivity index (χ4v) is 1.59. The van der Waals surface area contributed by atoms with Gasteiger partial charge in [-0.1, -0.05) is 11.6 Å². The zero-order chi connectivity index (χ0) is 13.3. The van der Waals surface area contributed by atoms with E-state index in [4.69, 9.17) is 5.73 Å². The third kappa shape index (κ3) is 1.97. The number of aromatic nitrogens is 2. The first kappa shape index (κ1) is 11.9. The maximum atomic E-state index is 13.7. The van der Waals surface area contributed by atoms with Crippen LogP contribution in [0.4, 0.5) is 15.9 Å². The topological polar surface area (TPSA) is 94.9 Å². The maximum absolute atomic E-state index is 13.7. The Morgan fingerprint density at radius 2 is 2.11 bits per heavy atom. The molecule has 1 heterocycles. The molecule has 0 unspecified atom stereocenters. The van der Waals surface area contributed by atoms with E-state index in [1.807, 2.05) is 0 Å². The van der Waals surface area contributed by atoms with Gasteiger partial charge in [-0.15, -0.1) is 0 Å². The number of nitrogen functional groups attached to an aromatic ring is 1. The van der Waals surface area contributed by atoms with Crippen molar-refractivity contribution in [2.24, 2.45) is 0 Å². The van der Waals surface area contributed by atoms with E-state index in [-0.39, 0.29) is 17.1 Å². The van der Waals surface area contributed by atoms with Gasteiger partial charge in [-0.3, -0.25) is 10.1 Å². The van der Waals surface area contributed by atoms with Gasteiger partial charge >= 0.3 is 5.69 Å². The van der Waals surface area contributed by atoms with Crippen LogP contribution in [0.15, 0.2) is 24.5 Å². The fraction of sp³-hybridized carbons (Fsp3) is 0.0909. The molecule has 0 saturated heterocycles. The summed E-state index contributed by atoms with van der Waals surface area (Å²) >= 11 is 0. The van der Waals surface area contributed by atoms with Crippen molar-refractivity contribution in [1.29, 1.82) is 0 Å².